The third-order valence-corrected chi connectivity index (χ3v) is 5.25. The summed E-state index contributed by atoms with van der Waals surface area (Å²) in [5.74, 6) is 2.29. The molecule has 26 heavy (non-hydrogen) atoms. The second-order valence-electron chi connectivity index (χ2n) is 6.94. The van der Waals surface area contributed by atoms with Crippen LogP contribution in [0.5, 0.6) is 11.5 Å². The van der Waals surface area contributed by atoms with E-state index in [4.69, 9.17) is 9.47 Å². The topological polar surface area (TPSA) is 38.8 Å². The minimum absolute atomic E-state index is 0.160. The zero-order valence-electron chi connectivity index (χ0n) is 15.8. The number of likely N-dealkylation sites (tertiary alicyclic amines) is 1. The molecule has 0 radical (unpaired) electrons. The Hall–Kier alpha value is -2.49. The quantitative estimate of drug-likeness (QED) is 0.812. The molecule has 3 rings (SSSR count). The lowest BCUT2D eigenvalue weighted by atomic mass is 9.89. The molecule has 0 bridgehead atoms. The molecule has 0 aliphatic carbocycles. The normalized spacial score (nSPS) is 15.0. The molecule has 1 fully saturated rings. The number of methoxy groups -OCH3 is 2. The molecule has 0 saturated carbocycles. The third kappa shape index (κ3) is 4.01. The number of carbonyl (C=O) groups excluding carboxylic acids is 1. The average Bonchev–Trinajstić information content (AvgIpc) is 2.68. The number of hydrogen-bond acceptors (Lipinski definition) is 3. The number of benzene rings is 2. The molecule has 1 amide bonds. The van der Waals surface area contributed by atoms with Crippen molar-refractivity contribution in [1.29, 1.82) is 0 Å². The van der Waals surface area contributed by atoms with Gasteiger partial charge in [-0.3, -0.25) is 4.79 Å². The van der Waals surface area contributed by atoms with Crippen LogP contribution in [0.25, 0.3) is 0 Å². The number of aryl methyl sites for hydroxylation is 1. The summed E-state index contributed by atoms with van der Waals surface area (Å²) in [6.07, 6.45) is 3.07. The Balaban J connectivity index is 1.59. The second-order valence-corrected chi connectivity index (χ2v) is 6.94. The van der Waals surface area contributed by atoms with E-state index in [0.29, 0.717) is 5.92 Å². The molecule has 0 N–H and O–H groups in total. The molecule has 0 unspecified atom stereocenters. The van der Waals surface area contributed by atoms with Gasteiger partial charge in [0.15, 0.2) is 11.5 Å². The smallest absolute Gasteiger partial charge is 0.254 e. The molecule has 1 aliphatic rings. The standard InChI is InChI=1S/C22H27NO3/c1-16-6-4-5-7-19(16)22(24)23-12-10-17(11-13-23)14-18-8-9-20(25-2)21(15-18)26-3/h4-9,15,17H,10-14H2,1-3H3. The zero-order valence-corrected chi connectivity index (χ0v) is 15.8. The van der Waals surface area contributed by atoms with E-state index in [1.54, 1.807) is 14.2 Å². The van der Waals surface area contributed by atoms with Gasteiger partial charge in [0.05, 0.1) is 14.2 Å². The van der Waals surface area contributed by atoms with Crippen LogP contribution in [0.1, 0.15) is 34.3 Å². The van der Waals surface area contributed by atoms with Crippen molar-refractivity contribution in [2.24, 2.45) is 5.92 Å². The molecule has 4 heteroatoms. The molecule has 1 saturated heterocycles. The lowest BCUT2D eigenvalue weighted by Gasteiger charge is -2.32. The molecule has 1 heterocycles. The molecular formula is C22H27NO3. The van der Waals surface area contributed by atoms with Gasteiger partial charge in [-0.15, -0.1) is 0 Å². The Morgan fingerprint density at radius 3 is 2.38 bits per heavy atom. The number of amides is 1. The first-order valence-electron chi connectivity index (χ1n) is 9.18. The summed E-state index contributed by atoms with van der Waals surface area (Å²) >= 11 is 0. The van der Waals surface area contributed by atoms with Crippen LogP contribution in [0.15, 0.2) is 42.5 Å². The fourth-order valence-electron chi connectivity index (χ4n) is 3.66. The first kappa shape index (κ1) is 18.3. The van der Waals surface area contributed by atoms with Crippen molar-refractivity contribution >= 4 is 5.91 Å². The molecule has 0 spiro atoms. The Morgan fingerprint density at radius 2 is 1.73 bits per heavy atom. The summed E-state index contributed by atoms with van der Waals surface area (Å²) in [6.45, 7) is 3.65. The van der Waals surface area contributed by atoms with E-state index in [1.807, 2.05) is 42.2 Å². The molecule has 2 aromatic rings. The Labute approximate surface area is 155 Å². The Kier molecular flexibility index (Phi) is 5.82. The van der Waals surface area contributed by atoms with Crippen molar-refractivity contribution in [2.45, 2.75) is 26.2 Å². The highest BCUT2D eigenvalue weighted by atomic mass is 16.5. The van der Waals surface area contributed by atoms with Crippen molar-refractivity contribution in [2.75, 3.05) is 27.3 Å². The summed E-state index contributed by atoms with van der Waals surface area (Å²) in [7, 11) is 3.32. The summed E-state index contributed by atoms with van der Waals surface area (Å²) in [5, 5.41) is 0. The summed E-state index contributed by atoms with van der Waals surface area (Å²) in [5.41, 5.74) is 3.13. The molecule has 1 aliphatic heterocycles. The van der Waals surface area contributed by atoms with Crippen LogP contribution in [0.2, 0.25) is 0 Å². The van der Waals surface area contributed by atoms with E-state index in [2.05, 4.69) is 12.1 Å². The molecular weight excluding hydrogens is 326 g/mol. The van der Waals surface area contributed by atoms with Crippen LogP contribution in [0.4, 0.5) is 0 Å². The van der Waals surface area contributed by atoms with E-state index in [0.717, 1.165) is 55.0 Å². The van der Waals surface area contributed by atoms with Gasteiger partial charge in [-0.1, -0.05) is 24.3 Å². The van der Waals surface area contributed by atoms with Crippen molar-refractivity contribution in [3.8, 4) is 11.5 Å². The van der Waals surface area contributed by atoms with E-state index >= 15 is 0 Å². The van der Waals surface area contributed by atoms with Gasteiger partial charge in [0.25, 0.3) is 5.91 Å². The Bertz CT molecular complexity index is 764. The zero-order chi connectivity index (χ0) is 18.5. The lowest BCUT2D eigenvalue weighted by molar-refractivity contribution is 0.0690. The predicted molar refractivity (Wildman–Crippen MR) is 103 cm³/mol. The van der Waals surface area contributed by atoms with Crippen molar-refractivity contribution < 1.29 is 14.3 Å². The van der Waals surface area contributed by atoms with Crippen molar-refractivity contribution in [3.63, 3.8) is 0 Å². The first-order chi connectivity index (χ1) is 12.6. The number of nitrogens with zero attached hydrogens (tertiary/aromatic N) is 1. The van der Waals surface area contributed by atoms with Gasteiger partial charge in [-0.25, -0.2) is 0 Å². The maximum atomic E-state index is 12.7. The number of rotatable bonds is 5. The van der Waals surface area contributed by atoms with Crippen LogP contribution in [-0.2, 0) is 6.42 Å². The van der Waals surface area contributed by atoms with Gasteiger partial charge < -0.3 is 14.4 Å². The van der Waals surface area contributed by atoms with Gasteiger partial charge in [0, 0.05) is 18.7 Å². The monoisotopic (exact) mass is 353 g/mol. The van der Waals surface area contributed by atoms with E-state index < -0.39 is 0 Å². The molecule has 138 valence electrons. The molecule has 0 aromatic heterocycles. The largest absolute Gasteiger partial charge is 0.493 e. The van der Waals surface area contributed by atoms with Gasteiger partial charge in [0.1, 0.15) is 0 Å². The predicted octanol–water partition coefficient (Wildman–Crippen LogP) is 4.11. The van der Waals surface area contributed by atoms with E-state index in [-0.39, 0.29) is 5.91 Å². The second kappa shape index (κ2) is 8.26. The number of hydrogen-bond donors (Lipinski definition) is 0. The third-order valence-electron chi connectivity index (χ3n) is 5.25. The fraction of sp³-hybridized carbons (Fsp3) is 0.409. The van der Waals surface area contributed by atoms with Gasteiger partial charge in [-0.2, -0.15) is 0 Å². The highest BCUT2D eigenvalue weighted by Crippen LogP contribution is 2.30. The number of carbonyl (C=O) groups is 1. The molecule has 2 aromatic carbocycles. The SMILES string of the molecule is COc1ccc(CC2CCN(C(=O)c3ccccc3C)CC2)cc1OC. The highest BCUT2D eigenvalue weighted by molar-refractivity contribution is 5.95. The van der Waals surface area contributed by atoms with E-state index in [1.165, 1.54) is 5.56 Å². The summed E-state index contributed by atoms with van der Waals surface area (Å²) in [6, 6.07) is 14.0. The van der Waals surface area contributed by atoms with Crippen molar-refractivity contribution in [1.82, 2.24) is 4.90 Å². The average molecular weight is 353 g/mol. The van der Waals surface area contributed by atoms with Crippen LogP contribution < -0.4 is 9.47 Å². The van der Waals surface area contributed by atoms with Gasteiger partial charge >= 0.3 is 0 Å². The van der Waals surface area contributed by atoms with E-state index in [9.17, 15) is 4.79 Å². The van der Waals surface area contributed by atoms with Crippen LogP contribution >= 0.6 is 0 Å². The molecule has 0 atom stereocenters. The molecule has 4 nitrogen and oxygen atoms in total. The highest BCUT2D eigenvalue weighted by Gasteiger charge is 2.24. The van der Waals surface area contributed by atoms with Crippen LogP contribution in [0.3, 0.4) is 0 Å². The summed E-state index contributed by atoms with van der Waals surface area (Å²) in [4.78, 5) is 14.7. The maximum absolute atomic E-state index is 12.7. The minimum Gasteiger partial charge on any atom is -0.493 e. The lowest BCUT2D eigenvalue weighted by Crippen LogP contribution is -2.39. The number of piperidine rings is 1. The fourth-order valence-corrected chi connectivity index (χ4v) is 3.66. The number of ether oxygens (including phenoxy) is 2. The maximum Gasteiger partial charge on any atom is 0.254 e. The van der Waals surface area contributed by atoms with Gasteiger partial charge in [-0.05, 0) is 61.4 Å². The Morgan fingerprint density at radius 1 is 1.04 bits per heavy atom. The van der Waals surface area contributed by atoms with Crippen LogP contribution in [0, 0.1) is 12.8 Å². The summed E-state index contributed by atoms with van der Waals surface area (Å²) < 4.78 is 10.7. The van der Waals surface area contributed by atoms with Crippen LogP contribution in [-0.4, -0.2) is 38.1 Å². The first-order valence-corrected chi connectivity index (χ1v) is 9.18. The van der Waals surface area contributed by atoms with Gasteiger partial charge in [0.2, 0.25) is 0 Å². The van der Waals surface area contributed by atoms with Crippen molar-refractivity contribution in [3.05, 3.63) is 59.2 Å². The minimum atomic E-state index is 0.160.